The minimum absolute atomic E-state index is 0.0403. The molecule has 2 rings (SSSR count). The van der Waals surface area contributed by atoms with Gasteiger partial charge < -0.3 is 4.57 Å². The number of carbonyl (C=O) groups is 1. The third-order valence-corrected chi connectivity index (χ3v) is 2.66. The van der Waals surface area contributed by atoms with Gasteiger partial charge in [0.1, 0.15) is 0 Å². The van der Waals surface area contributed by atoms with Crippen LogP contribution in [0.1, 0.15) is 29.8 Å². The first-order chi connectivity index (χ1) is 8.16. The second kappa shape index (κ2) is 4.95. The van der Waals surface area contributed by atoms with E-state index in [1.807, 2.05) is 48.9 Å². The maximum Gasteiger partial charge on any atom is 0.165 e. The first-order valence-corrected chi connectivity index (χ1v) is 5.75. The standard InChI is InChI=1S/C14H16N2O/c1-11(2)14(17)13-5-3-4-12(8-13)9-16-7-6-15-10-16/h3-8,10-11H,9H2,1-2H3. The van der Waals surface area contributed by atoms with E-state index in [-0.39, 0.29) is 11.7 Å². The van der Waals surface area contributed by atoms with Gasteiger partial charge >= 0.3 is 0 Å². The molecule has 0 spiro atoms. The van der Waals surface area contributed by atoms with Gasteiger partial charge in [-0.15, -0.1) is 0 Å². The van der Waals surface area contributed by atoms with Gasteiger partial charge in [-0.05, 0) is 11.6 Å². The van der Waals surface area contributed by atoms with Crippen LogP contribution in [-0.2, 0) is 6.54 Å². The van der Waals surface area contributed by atoms with E-state index in [9.17, 15) is 4.79 Å². The minimum atomic E-state index is 0.0403. The first-order valence-electron chi connectivity index (χ1n) is 5.75. The quantitative estimate of drug-likeness (QED) is 0.754. The number of imidazole rings is 1. The Morgan fingerprint density at radius 3 is 2.88 bits per heavy atom. The van der Waals surface area contributed by atoms with E-state index < -0.39 is 0 Å². The first kappa shape index (κ1) is 11.6. The fraction of sp³-hybridized carbons (Fsp3) is 0.286. The van der Waals surface area contributed by atoms with Crippen molar-refractivity contribution >= 4 is 5.78 Å². The van der Waals surface area contributed by atoms with Crippen LogP contribution < -0.4 is 0 Å². The van der Waals surface area contributed by atoms with Gasteiger partial charge in [-0.2, -0.15) is 0 Å². The maximum absolute atomic E-state index is 11.9. The summed E-state index contributed by atoms with van der Waals surface area (Å²) in [5.41, 5.74) is 1.91. The molecule has 2 aromatic rings. The fourth-order valence-corrected chi connectivity index (χ4v) is 1.75. The average Bonchev–Trinajstić information content (AvgIpc) is 2.81. The van der Waals surface area contributed by atoms with Crippen LogP contribution in [-0.4, -0.2) is 15.3 Å². The van der Waals surface area contributed by atoms with Crippen molar-refractivity contribution in [3.63, 3.8) is 0 Å². The molecule has 0 aliphatic carbocycles. The lowest BCUT2D eigenvalue weighted by molar-refractivity contribution is 0.0939. The third-order valence-electron chi connectivity index (χ3n) is 2.66. The van der Waals surface area contributed by atoms with Gasteiger partial charge in [0.05, 0.1) is 6.33 Å². The second-order valence-electron chi connectivity index (χ2n) is 4.45. The number of ketones is 1. The summed E-state index contributed by atoms with van der Waals surface area (Å²) in [6.07, 6.45) is 5.44. The highest BCUT2D eigenvalue weighted by molar-refractivity contribution is 5.97. The normalized spacial score (nSPS) is 10.8. The Morgan fingerprint density at radius 2 is 2.24 bits per heavy atom. The summed E-state index contributed by atoms with van der Waals surface area (Å²) in [6, 6.07) is 7.79. The highest BCUT2D eigenvalue weighted by Crippen LogP contribution is 2.11. The molecule has 3 heteroatoms. The molecule has 0 aliphatic heterocycles. The number of nitrogens with zero attached hydrogens (tertiary/aromatic N) is 2. The molecular formula is C14H16N2O. The zero-order valence-electron chi connectivity index (χ0n) is 10.1. The number of rotatable bonds is 4. The molecule has 88 valence electrons. The smallest absolute Gasteiger partial charge is 0.165 e. The van der Waals surface area contributed by atoms with Crippen molar-refractivity contribution in [2.24, 2.45) is 5.92 Å². The number of aromatic nitrogens is 2. The Labute approximate surface area is 101 Å². The van der Waals surface area contributed by atoms with Crippen LogP contribution in [0.3, 0.4) is 0 Å². The summed E-state index contributed by atoms with van der Waals surface area (Å²) in [4.78, 5) is 15.9. The van der Waals surface area contributed by atoms with Gasteiger partial charge in [-0.25, -0.2) is 4.98 Å². The monoisotopic (exact) mass is 228 g/mol. The Bertz CT molecular complexity index is 501. The van der Waals surface area contributed by atoms with E-state index in [4.69, 9.17) is 0 Å². The number of hydrogen-bond donors (Lipinski definition) is 0. The maximum atomic E-state index is 11.9. The van der Waals surface area contributed by atoms with Crippen molar-refractivity contribution in [2.75, 3.05) is 0 Å². The summed E-state index contributed by atoms with van der Waals surface area (Å²) in [5.74, 6) is 0.232. The molecule has 0 saturated heterocycles. The van der Waals surface area contributed by atoms with Crippen LogP contribution in [0.5, 0.6) is 0 Å². The SMILES string of the molecule is CC(C)C(=O)c1cccc(Cn2ccnc2)c1. The molecule has 0 N–H and O–H groups in total. The molecule has 0 fully saturated rings. The third kappa shape index (κ3) is 2.81. The Morgan fingerprint density at radius 1 is 1.41 bits per heavy atom. The van der Waals surface area contributed by atoms with E-state index in [1.165, 1.54) is 0 Å². The number of Topliss-reactive ketones (excluding diaryl/α,β-unsaturated/α-hetero) is 1. The summed E-state index contributed by atoms with van der Waals surface area (Å²) in [7, 11) is 0. The fourth-order valence-electron chi connectivity index (χ4n) is 1.75. The molecule has 1 heterocycles. The van der Waals surface area contributed by atoms with E-state index in [0.29, 0.717) is 0 Å². The van der Waals surface area contributed by atoms with Crippen molar-refractivity contribution in [1.29, 1.82) is 0 Å². The van der Waals surface area contributed by atoms with Crippen LogP contribution in [0, 0.1) is 5.92 Å². The lowest BCUT2D eigenvalue weighted by Crippen LogP contribution is -2.08. The summed E-state index contributed by atoms with van der Waals surface area (Å²) < 4.78 is 1.99. The van der Waals surface area contributed by atoms with Crippen LogP contribution in [0.15, 0.2) is 43.0 Å². The number of hydrogen-bond acceptors (Lipinski definition) is 2. The Hall–Kier alpha value is -1.90. The van der Waals surface area contributed by atoms with E-state index in [1.54, 1.807) is 12.5 Å². The predicted molar refractivity (Wildman–Crippen MR) is 66.9 cm³/mol. The number of benzene rings is 1. The minimum Gasteiger partial charge on any atom is -0.333 e. The molecule has 0 bridgehead atoms. The van der Waals surface area contributed by atoms with Crippen molar-refractivity contribution in [2.45, 2.75) is 20.4 Å². The zero-order valence-corrected chi connectivity index (χ0v) is 10.1. The Balaban J connectivity index is 2.20. The van der Waals surface area contributed by atoms with Crippen LogP contribution in [0.25, 0.3) is 0 Å². The average molecular weight is 228 g/mol. The summed E-state index contributed by atoms with van der Waals surface area (Å²) in [6.45, 7) is 4.59. The van der Waals surface area contributed by atoms with Crippen LogP contribution in [0.2, 0.25) is 0 Å². The summed E-state index contributed by atoms with van der Waals surface area (Å²) in [5, 5.41) is 0. The van der Waals surface area contributed by atoms with E-state index in [0.717, 1.165) is 17.7 Å². The van der Waals surface area contributed by atoms with Gasteiger partial charge in [0, 0.05) is 30.4 Å². The van der Waals surface area contributed by atoms with Crippen molar-refractivity contribution in [1.82, 2.24) is 9.55 Å². The molecule has 3 nitrogen and oxygen atoms in total. The van der Waals surface area contributed by atoms with Crippen LogP contribution >= 0.6 is 0 Å². The topological polar surface area (TPSA) is 34.9 Å². The number of carbonyl (C=O) groups excluding carboxylic acids is 1. The van der Waals surface area contributed by atoms with Gasteiger partial charge in [0.2, 0.25) is 0 Å². The molecule has 0 aliphatic rings. The van der Waals surface area contributed by atoms with Crippen molar-refractivity contribution < 1.29 is 4.79 Å². The molecule has 1 aromatic carbocycles. The largest absolute Gasteiger partial charge is 0.333 e. The highest BCUT2D eigenvalue weighted by atomic mass is 16.1. The zero-order chi connectivity index (χ0) is 12.3. The van der Waals surface area contributed by atoms with E-state index >= 15 is 0 Å². The summed E-state index contributed by atoms with van der Waals surface area (Å²) >= 11 is 0. The molecule has 0 atom stereocenters. The van der Waals surface area contributed by atoms with E-state index in [2.05, 4.69) is 4.98 Å². The molecule has 0 amide bonds. The predicted octanol–water partition coefficient (Wildman–Crippen LogP) is 2.77. The molecule has 17 heavy (non-hydrogen) atoms. The van der Waals surface area contributed by atoms with Crippen molar-refractivity contribution in [3.05, 3.63) is 54.1 Å². The van der Waals surface area contributed by atoms with Gasteiger partial charge in [-0.3, -0.25) is 4.79 Å². The Kier molecular flexibility index (Phi) is 3.38. The van der Waals surface area contributed by atoms with Gasteiger partial charge in [0.15, 0.2) is 5.78 Å². The molecule has 1 aromatic heterocycles. The molecule has 0 unspecified atom stereocenters. The highest BCUT2D eigenvalue weighted by Gasteiger charge is 2.10. The molecule has 0 radical (unpaired) electrons. The second-order valence-corrected chi connectivity index (χ2v) is 4.45. The molecule has 0 saturated carbocycles. The van der Waals surface area contributed by atoms with Gasteiger partial charge in [0.25, 0.3) is 0 Å². The lowest BCUT2D eigenvalue weighted by atomic mass is 9.99. The molecular weight excluding hydrogens is 212 g/mol. The van der Waals surface area contributed by atoms with Crippen molar-refractivity contribution in [3.8, 4) is 0 Å². The lowest BCUT2D eigenvalue weighted by Gasteiger charge is -2.07. The van der Waals surface area contributed by atoms with Crippen LogP contribution in [0.4, 0.5) is 0 Å². The van der Waals surface area contributed by atoms with Gasteiger partial charge in [-0.1, -0.05) is 32.0 Å².